The van der Waals surface area contributed by atoms with E-state index in [-0.39, 0.29) is 0 Å². The van der Waals surface area contributed by atoms with Crippen LogP contribution in [0.15, 0.2) is 95.4 Å². The molecule has 0 unspecified atom stereocenters. The number of hydrogen-bond acceptors (Lipinski definition) is 2. The number of rotatable bonds is 5. The van der Waals surface area contributed by atoms with Crippen molar-refractivity contribution in [2.45, 2.75) is 0 Å². The Hall–Kier alpha value is -2.66. The van der Waals surface area contributed by atoms with Crippen LogP contribution in [0.5, 0.6) is 0 Å². The van der Waals surface area contributed by atoms with E-state index in [1.54, 1.807) is 0 Å². The predicted molar refractivity (Wildman–Crippen MR) is 98.2 cm³/mol. The van der Waals surface area contributed by atoms with E-state index in [0.717, 1.165) is 22.5 Å². The molecule has 0 bridgehead atoms. The van der Waals surface area contributed by atoms with Gasteiger partial charge in [-0.3, -0.25) is 5.43 Å². The summed E-state index contributed by atoms with van der Waals surface area (Å²) in [6, 6.07) is 27.9. The van der Waals surface area contributed by atoms with Crippen LogP contribution in [0.3, 0.4) is 0 Å². The van der Waals surface area contributed by atoms with Crippen LogP contribution in [0.2, 0.25) is 0 Å². The smallest absolute Gasteiger partial charge is 0.0769 e. The molecule has 114 valence electrons. The minimum atomic E-state index is 0.898. The molecule has 23 heavy (non-hydrogen) atoms. The minimum Gasteiger partial charge on any atom is -0.258 e. The number of nitrogens with zero attached hydrogens (tertiary/aromatic N) is 3. The summed E-state index contributed by atoms with van der Waals surface area (Å²) in [5.41, 5.74) is 7.00. The van der Waals surface area contributed by atoms with Gasteiger partial charge in [0.2, 0.25) is 0 Å². The van der Waals surface area contributed by atoms with Crippen molar-refractivity contribution < 1.29 is 0 Å². The van der Waals surface area contributed by atoms with Crippen LogP contribution in [0.1, 0.15) is 0 Å². The number of para-hydroxylation sites is 2. The number of nitrogens with one attached hydrogen (secondary N) is 1. The molecule has 1 N–H and O–H groups in total. The Morgan fingerprint density at radius 3 is 2.09 bits per heavy atom. The van der Waals surface area contributed by atoms with Gasteiger partial charge < -0.3 is 0 Å². The fourth-order valence-corrected chi connectivity index (χ4v) is 2.48. The van der Waals surface area contributed by atoms with Gasteiger partial charge in [-0.15, -0.1) is 0 Å². The first-order chi connectivity index (χ1) is 11.3. The van der Waals surface area contributed by atoms with Crippen LogP contribution in [0, 0.1) is 0 Å². The summed E-state index contributed by atoms with van der Waals surface area (Å²) in [5.74, 6) is 0. The van der Waals surface area contributed by atoms with Gasteiger partial charge in [0.1, 0.15) is 0 Å². The lowest BCUT2D eigenvalue weighted by atomic mass is 10.0. The molecule has 0 heterocycles. The van der Waals surface area contributed by atoms with Crippen LogP contribution in [0.25, 0.3) is 11.1 Å². The minimum absolute atomic E-state index is 0.898. The van der Waals surface area contributed by atoms with Gasteiger partial charge >= 0.3 is 0 Å². The van der Waals surface area contributed by atoms with Gasteiger partial charge in [0.05, 0.1) is 27.5 Å². The van der Waals surface area contributed by atoms with Gasteiger partial charge in [-0.1, -0.05) is 66.7 Å². The van der Waals surface area contributed by atoms with Crippen molar-refractivity contribution in [1.82, 2.24) is 0 Å². The van der Waals surface area contributed by atoms with Gasteiger partial charge in [0, 0.05) is 5.56 Å². The molecule has 0 saturated heterocycles. The SMILES string of the molecule is BrN(N=NNc1ccccc1-c1ccccc1)c1ccccc1. The Kier molecular flexibility index (Phi) is 5.01. The van der Waals surface area contributed by atoms with E-state index >= 15 is 0 Å². The summed E-state index contributed by atoms with van der Waals surface area (Å²) in [6.07, 6.45) is 0. The Morgan fingerprint density at radius 2 is 1.35 bits per heavy atom. The Labute approximate surface area is 143 Å². The molecule has 0 fully saturated rings. The summed E-state index contributed by atoms with van der Waals surface area (Å²) >= 11 is 3.36. The van der Waals surface area contributed by atoms with Crippen LogP contribution in [-0.4, -0.2) is 0 Å². The lowest BCUT2D eigenvalue weighted by Gasteiger charge is -2.10. The monoisotopic (exact) mass is 366 g/mol. The van der Waals surface area contributed by atoms with Gasteiger partial charge in [0.25, 0.3) is 0 Å². The van der Waals surface area contributed by atoms with Crippen LogP contribution in [0.4, 0.5) is 11.4 Å². The second kappa shape index (κ2) is 7.56. The highest BCUT2D eigenvalue weighted by atomic mass is 79.9. The normalized spacial score (nSPS) is 10.7. The maximum atomic E-state index is 4.09. The molecule has 4 nitrogen and oxygen atoms in total. The highest BCUT2D eigenvalue weighted by Crippen LogP contribution is 2.27. The first-order valence-electron chi connectivity index (χ1n) is 7.16. The summed E-state index contributed by atoms with van der Waals surface area (Å²) in [6.45, 7) is 0. The summed E-state index contributed by atoms with van der Waals surface area (Å²) in [5, 5.41) is 8.15. The fraction of sp³-hybridized carbons (Fsp3) is 0. The molecule has 0 aliphatic rings. The molecule has 0 atom stereocenters. The van der Waals surface area contributed by atoms with Crippen LogP contribution in [-0.2, 0) is 0 Å². The van der Waals surface area contributed by atoms with Gasteiger partial charge in [-0.2, -0.15) is 4.03 Å². The first-order valence-corrected chi connectivity index (χ1v) is 7.87. The van der Waals surface area contributed by atoms with Gasteiger partial charge in [-0.25, -0.2) is 0 Å². The molecule has 0 aliphatic heterocycles. The molecule has 0 amide bonds. The number of halogens is 1. The molecule has 0 aliphatic carbocycles. The lowest BCUT2D eigenvalue weighted by Crippen LogP contribution is -2.00. The van der Waals surface area contributed by atoms with Gasteiger partial charge in [0.15, 0.2) is 0 Å². The third-order valence-corrected chi connectivity index (χ3v) is 3.83. The average Bonchev–Trinajstić information content (AvgIpc) is 2.63. The largest absolute Gasteiger partial charge is 0.258 e. The zero-order valence-corrected chi connectivity index (χ0v) is 13.9. The highest BCUT2D eigenvalue weighted by Gasteiger charge is 2.03. The van der Waals surface area contributed by atoms with Crippen LogP contribution >= 0.6 is 16.1 Å². The van der Waals surface area contributed by atoms with Crippen molar-refractivity contribution in [3.05, 3.63) is 84.9 Å². The van der Waals surface area contributed by atoms with E-state index in [9.17, 15) is 0 Å². The van der Waals surface area contributed by atoms with Crippen molar-refractivity contribution in [2.75, 3.05) is 9.46 Å². The molecule has 3 aromatic carbocycles. The zero-order chi connectivity index (χ0) is 15.9. The number of anilines is 2. The Bertz CT molecular complexity index is 775. The van der Waals surface area contributed by atoms with E-state index in [1.807, 2.05) is 66.7 Å². The molecular formula is C18H15BrN4. The van der Waals surface area contributed by atoms with Crippen molar-refractivity contribution in [2.24, 2.45) is 10.4 Å². The summed E-state index contributed by atoms with van der Waals surface area (Å²) in [4.78, 5) is 0. The maximum absolute atomic E-state index is 4.09. The molecule has 0 radical (unpaired) electrons. The quantitative estimate of drug-likeness (QED) is 0.348. The molecule has 0 spiro atoms. The molecule has 0 saturated carbocycles. The predicted octanol–water partition coefficient (Wildman–Crippen LogP) is 5.86. The van der Waals surface area contributed by atoms with E-state index in [1.165, 1.54) is 4.03 Å². The number of hydrogen-bond donors (Lipinski definition) is 1. The number of benzene rings is 3. The van der Waals surface area contributed by atoms with Gasteiger partial charge in [-0.05, 0) is 34.2 Å². The second-order valence-electron chi connectivity index (χ2n) is 4.81. The fourth-order valence-electron chi connectivity index (χ4n) is 2.17. The van der Waals surface area contributed by atoms with Crippen molar-refractivity contribution in [1.29, 1.82) is 0 Å². The maximum Gasteiger partial charge on any atom is 0.0769 e. The third kappa shape index (κ3) is 3.96. The van der Waals surface area contributed by atoms with E-state index in [0.29, 0.717) is 0 Å². The highest BCUT2D eigenvalue weighted by molar-refractivity contribution is 9.10. The Morgan fingerprint density at radius 1 is 0.739 bits per heavy atom. The molecular weight excluding hydrogens is 352 g/mol. The van der Waals surface area contributed by atoms with E-state index in [4.69, 9.17) is 0 Å². The van der Waals surface area contributed by atoms with E-state index < -0.39 is 0 Å². The van der Waals surface area contributed by atoms with E-state index in [2.05, 4.69) is 50.2 Å². The van der Waals surface area contributed by atoms with Crippen molar-refractivity contribution in [3.8, 4) is 11.1 Å². The second-order valence-corrected chi connectivity index (χ2v) is 5.48. The lowest BCUT2D eigenvalue weighted by molar-refractivity contribution is 1.01. The molecule has 3 aromatic rings. The van der Waals surface area contributed by atoms with Crippen LogP contribution < -0.4 is 9.46 Å². The summed E-state index contributed by atoms with van der Waals surface area (Å²) < 4.78 is 1.53. The summed E-state index contributed by atoms with van der Waals surface area (Å²) in [7, 11) is 0. The first kappa shape index (κ1) is 15.2. The van der Waals surface area contributed by atoms with Crippen molar-refractivity contribution in [3.63, 3.8) is 0 Å². The molecule has 3 rings (SSSR count). The average molecular weight is 367 g/mol. The third-order valence-electron chi connectivity index (χ3n) is 3.27. The topological polar surface area (TPSA) is 40.0 Å². The van der Waals surface area contributed by atoms with Crippen molar-refractivity contribution >= 4 is 27.5 Å². The standard InChI is InChI=1S/C18H15BrN4/c19-23(16-11-5-2-6-12-16)22-21-20-18-14-8-7-13-17(18)15-9-3-1-4-10-15/h1-14H,(H,20,22). The molecule has 0 aromatic heterocycles. The zero-order valence-electron chi connectivity index (χ0n) is 12.3. The Balaban J connectivity index is 1.75. The molecule has 5 heteroatoms.